The quantitative estimate of drug-likeness (QED) is 0.585. The van der Waals surface area contributed by atoms with Crippen LogP contribution in [0, 0.1) is 11.8 Å². The lowest BCUT2D eigenvalue weighted by Crippen LogP contribution is -2.26. The van der Waals surface area contributed by atoms with Gasteiger partial charge in [0.25, 0.3) is 5.91 Å². The molecule has 0 bridgehead atoms. The molecule has 4 N–H and O–H groups in total. The number of fused-ring (bicyclic) bond motifs is 1. The van der Waals surface area contributed by atoms with E-state index in [0.29, 0.717) is 17.3 Å². The second-order valence-corrected chi connectivity index (χ2v) is 5.39. The molecule has 1 aromatic heterocycles. The minimum absolute atomic E-state index is 0.0728. The number of anilines is 1. The Kier molecular flexibility index (Phi) is 3.28. The molecule has 2 aromatic rings. The predicted octanol–water partition coefficient (Wildman–Crippen LogP) is 1.91. The number of hydrazine groups is 1. The number of pyridine rings is 1. The fourth-order valence-corrected chi connectivity index (χ4v) is 2.49. The summed E-state index contributed by atoms with van der Waals surface area (Å²) in [6, 6.07) is 7.62. The first-order valence-corrected chi connectivity index (χ1v) is 6.83. The van der Waals surface area contributed by atoms with E-state index >= 15 is 0 Å². The number of rotatable bonds is 4. The number of carbonyl (C=O) groups excluding carboxylic acids is 1. The third-order valence-corrected chi connectivity index (χ3v) is 3.98. The molecule has 1 aliphatic rings. The molecule has 0 saturated heterocycles. The van der Waals surface area contributed by atoms with E-state index in [1.165, 1.54) is 6.42 Å². The molecular formula is C15H18N4O. The van der Waals surface area contributed by atoms with Crippen molar-refractivity contribution in [1.82, 2.24) is 10.3 Å². The lowest BCUT2D eigenvalue weighted by molar-refractivity contribution is 0.0952. The van der Waals surface area contributed by atoms with Gasteiger partial charge in [0.15, 0.2) is 0 Å². The van der Waals surface area contributed by atoms with E-state index < -0.39 is 0 Å². The summed E-state index contributed by atoms with van der Waals surface area (Å²) in [5.41, 5.74) is 3.15. The molecule has 1 heterocycles. The zero-order chi connectivity index (χ0) is 14.1. The highest BCUT2D eigenvalue weighted by Gasteiger charge is 2.32. The fourth-order valence-electron chi connectivity index (χ4n) is 2.49. The number of hydrogen-bond acceptors (Lipinski definition) is 4. The van der Waals surface area contributed by atoms with Gasteiger partial charge in [-0.25, -0.2) is 10.8 Å². The molecule has 0 spiro atoms. The highest BCUT2D eigenvalue weighted by atomic mass is 16.1. The number of nitrogens with one attached hydrogen (secondary N) is 2. The molecule has 1 aliphatic carbocycles. The van der Waals surface area contributed by atoms with Crippen LogP contribution in [0.5, 0.6) is 0 Å². The maximum Gasteiger partial charge on any atom is 0.253 e. The SMILES string of the molecule is CC1CC1CNC(=O)c1cnc(NN)c2ccccc12. The highest BCUT2D eigenvalue weighted by Crippen LogP contribution is 2.36. The molecule has 0 aliphatic heterocycles. The van der Waals surface area contributed by atoms with Crippen LogP contribution in [-0.2, 0) is 0 Å². The van der Waals surface area contributed by atoms with Gasteiger partial charge in [-0.15, -0.1) is 0 Å². The van der Waals surface area contributed by atoms with E-state index in [9.17, 15) is 4.79 Å². The Bertz CT molecular complexity index is 655. The first-order valence-electron chi connectivity index (χ1n) is 6.83. The zero-order valence-electron chi connectivity index (χ0n) is 11.4. The lowest BCUT2D eigenvalue weighted by atomic mass is 10.1. The molecule has 20 heavy (non-hydrogen) atoms. The number of hydrogen-bond donors (Lipinski definition) is 3. The van der Waals surface area contributed by atoms with Crippen LogP contribution in [0.25, 0.3) is 10.8 Å². The van der Waals surface area contributed by atoms with E-state index in [4.69, 9.17) is 5.84 Å². The summed E-state index contributed by atoms with van der Waals surface area (Å²) < 4.78 is 0. The van der Waals surface area contributed by atoms with Gasteiger partial charge >= 0.3 is 0 Å². The second kappa shape index (κ2) is 5.09. The van der Waals surface area contributed by atoms with Crippen molar-refractivity contribution in [3.63, 3.8) is 0 Å². The molecule has 1 fully saturated rings. The van der Waals surface area contributed by atoms with Gasteiger partial charge in [-0.05, 0) is 23.6 Å². The van der Waals surface area contributed by atoms with Gasteiger partial charge < -0.3 is 10.7 Å². The number of carbonyl (C=O) groups is 1. The number of aromatic nitrogens is 1. The summed E-state index contributed by atoms with van der Waals surface area (Å²) in [5, 5.41) is 4.70. The Morgan fingerprint density at radius 2 is 2.10 bits per heavy atom. The maximum atomic E-state index is 12.3. The fraction of sp³-hybridized carbons (Fsp3) is 0.333. The minimum atomic E-state index is -0.0728. The highest BCUT2D eigenvalue weighted by molar-refractivity contribution is 6.09. The number of amides is 1. The standard InChI is InChI=1S/C15H18N4O/c1-9-6-10(9)7-18-15(20)13-8-17-14(19-16)12-5-3-2-4-11(12)13/h2-5,8-10H,6-7,16H2,1H3,(H,17,19)(H,18,20). The van der Waals surface area contributed by atoms with E-state index in [0.717, 1.165) is 23.2 Å². The minimum Gasteiger partial charge on any atom is -0.352 e. The van der Waals surface area contributed by atoms with Crippen molar-refractivity contribution in [3.05, 3.63) is 36.0 Å². The molecular weight excluding hydrogens is 252 g/mol. The van der Waals surface area contributed by atoms with E-state index in [2.05, 4.69) is 22.7 Å². The van der Waals surface area contributed by atoms with Gasteiger partial charge in [-0.2, -0.15) is 0 Å². The molecule has 0 radical (unpaired) electrons. The largest absolute Gasteiger partial charge is 0.352 e. The number of nitrogens with two attached hydrogens (primary N) is 1. The third-order valence-electron chi connectivity index (χ3n) is 3.98. The van der Waals surface area contributed by atoms with Crippen LogP contribution < -0.4 is 16.6 Å². The number of nitrogens with zero attached hydrogens (tertiary/aromatic N) is 1. The van der Waals surface area contributed by atoms with E-state index in [1.807, 2.05) is 24.3 Å². The molecule has 5 nitrogen and oxygen atoms in total. The molecule has 1 aromatic carbocycles. The zero-order valence-corrected chi connectivity index (χ0v) is 11.4. The number of benzene rings is 1. The van der Waals surface area contributed by atoms with Gasteiger partial charge in [0.2, 0.25) is 0 Å². The molecule has 2 unspecified atom stereocenters. The molecule has 1 saturated carbocycles. The predicted molar refractivity (Wildman–Crippen MR) is 79.2 cm³/mol. The average Bonchev–Trinajstić information content (AvgIpc) is 3.19. The Morgan fingerprint density at radius 1 is 1.40 bits per heavy atom. The van der Waals surface area contributed by atoms with Crippen molar-refractivity contribution < 1.29 is 4.79 Å². The van der Waals surface area contributed by atoms with Crippen molar-refractivity contribution in [2.75, 3.05) is 12.0 Å². The molecule has 1 amide bonds. The maximum absolute atomic E-state index is 12.3. The van der Waals surface area contributed by atoms with Crippen LogP contribution in [0.3, 0.4) is 0 Å². The topological polar surface area (TPSA) is 80.0 Å². The molecule has 3 rings (SSSR count). The summed E-state index contributed by atoms with van der Waals surface area (Å²) in [6.07, 6.45) is 2.78. The summed E-state index contributed by atoms with van der Waals surface area (Å²) >= 11 is 0. The lowest BCUT2D eigenvalue weighted by Gasteiger charge is -2.10. The van der Waals surface area contributed by atoms with Crippen LogP contribution in [0.15, 0.2) is 30.5 Å². The summed E-state index contributed by atoms with van der Waals surface area (Å²) in [4.78, 5) is 16.5. The third kappa shape index (κ3) is 2.32. The summed E-state index contributed by atoms with van der Waals surface area (Å²) in [7, 11) is 0. The van der Waals surface area contributed by atoms with Crippen molar-refractivity contribution >= 4 is 22.5 Å². The Labute approximate surface area is 117 Å². The van der Waals surface area contributed by atoms with Crippen LogP contribution in [0.2, 0.25) is 0 Å². The summed E-state index contributed by atoms with van der Waals surface area (Å²) in [6.45, 7) is 2.95. The Hall–Kier alpha value is -2.14. The summed E-state index contributed by atoms with van der Waals surface area (Å²) in [5.74, 6) is 7.31. The average molecular weight is 270 g/mol. The normalized spacial score (nSPS) is 20.7. The Morgan fingerprint density at radius 3 is 2.75 bits per heavy atom. The van der Waals surface area contributed by atoms with Crippen molar-refractivity contribution in [1.29, 1.82) is 0 Å². The second-order valence-electron chi connectivity index (χ2n) is 5.39. The van der Waals surface area contributed by atoms with Gasteiger partial charge in [-0.3, -0.25) is 4.79 Å². The van der Waals surface area contributed by atoms with Crippen LogP contribution in [0.1, 0.15) is 23.7 Å². The van der Waals surface area contributed by atoms with E-state index in [-0.39, 0.29) is 5.91 Å². The van der Waals surface area contributed by atoms with Gasteiger partial charge in [0, 0.05) is 18.1 Å². The Balaban J connectivity index is 1.89. The van der Waals surface area contributed by atoms with Gasteiger partial charge in [-0.1, -0.05) is 31.2 Å². The van der Waals surface area contributed by atoms with E-state index in [1.54, 1.807) is 6.20 Å². The smallest absolute Gasteiger partial charge is 0.253 e. The van der Waals surface area contributed by atoms with Gasteiger partial charge in [0.05, 0.1) is 5.56 Å². The first kappa shape index (κ1) is 12.9. The molecule has 5 heteroatoms. The van der Waals surface area contributed by atoms with Crippen LogP contribution in [-0.4, -0.2) is 17.4 Å². The monoisotopic (exact) mass is 270 g/mol. The van der Waals surface area contributed by atoms with Crippen LogP contribution >= 0.6 is 0 Å². The van der Waals surface area contributed by atoms with Crippen LogP contribution in [0.4, 0.5) is 5.82 Å². The molecule has 104 valence electrons. The van der Waals surface area contributed by atoms with Crippen molar-refractivity contribution in [2.24, 2.45) is 17.7 Å². The molecule has 2 atom stereocenters. The van der Waals surface area contributed by atoms with Crippen molar-refractivity contribution in [2.45, 2.75) is 13.3 Å². The van der Waals surface area contributed by atoms with Gasteiger partial charge in [0.1, 0.15) is 5.82 Å². The first-order chi connectivity index (χ1) is 9.70. The van der Waals surface area contributed by atoms with Crippen molar-refractivity contribution in [3.8, 4) is 0 Å². The number of nitrogen functional groups attached to an aromatic ring is 1.